The van der Waals surface area contributed by atoms with Gasteiger partial charge in [-0.2, -0.15) is 4.31 Å². The van der Waals surface area contributed by atoms with E-state index in [2.05, 4.69) is 15.0 Å². The van der Waals surface area contributed by atoms with E-state index >= 15 is 0 Å². The van der Waals surface area contributed by atoms with Crippen molar-refractivity contribution in [2.75, 3.05) is 19.6 Å². The number of rotatable bonds is 9. The van der Waals surface area contributed by atoms with Crippen LogP contribution in [0, 0.1) is 0 Å². The van der Waals surface area contributed by atoms with Gasteiger partial charge in [0, 0.05) is 37.5 Å². The van der Waals surface area contributed by atoms with Gasteiger partial charge in [0.05, 0.1) is 12.6 Å². The van der Waals surface area contributed by atoms with Crippen LogP contribution in [0.3, 0.4) is 0 Å². The van der Waals surface area contributed by atoms with Gasteiger partial charge in [-0.3, -0.25) is 19.4 Å². The molecule has 10 nitrogen and oxygen atoms in total. The van der Waals surface area contributed by atoms with Gasteiger partial charge in [0.2, 0.25) is 15.9 Å². The number of likely N-dealkylation sites (tertiary alicyclic amines) is 1. The highest BCUT2D eigenvalue weighted by Crippen LogP contribution is 2.34. The fourth-order valence-corrected chi connectivity index (χ4v) is 6.25. The number of hydrogen-bond acceptors (Lipinski definition) is 7. The Balaban J connectivity index is 1.23. The van der Waals surface area contributed by atoms with Gasteiger partial charge >= 0.3 is 6.36 Å². The molecule has 2 unspecified atom stereocenters. The molecule has 1 aromatic carbocycles. The molecule has 0 aliphatic carbocycles. The number of amides is 2. The van der Waals surface area contributed by atoms with Crippen LogP contribution in [0.15, 0.2) is 53.7 Å². The van der Waals surface area contributed by atoms with Crippen molar-refractivity contribution >= 4 is 27.6 Å². The van der Waals surface area contributed by atoms with E-state index in [-0.39, 0.29) is 48.2 Å². The number of halogens is 3. The molecule has 2 fully saturated rings. The highest BCUT2D eigenvalue weighted by atomic mass is 32.2. The second kappa shape index (κ2) is 11.1. The second-order valence-corrected chi connectivity index (χ2v) is 10.8. The molecule has 2 aromatic rings. The largest absolute Gasteiger partial charge is 0.573 e. The first kappa shape index (κ1) is 27.5. The Morgan fingerprint density at radius 1 is 1.13 bits per heavy atom. The van der Waals surface area contributed by atoms with Crippen LogP contribution in [0.1, 0.15) is 36.0 Å². The number of ketones is 1. The van der Waals surface area contributed by atoms with Crippen LogP contribution in [0.4, 0.5) is 13.2 Å². The van der Waals surface area contributed by atoms with Crippen molar-refractivity contribution in [1.82, 2.24) is 19.5 Å². The zero-order chi connectivity index (χ0) is 27.5. The molecular weight excluding hydrogens is 529 g/mol. The third-order valence-electron chi connectivity index (χ3n) is 6.39. The molecular formula is C24H25F3N4O6S. The summed E-state index contributed by atoms with van der Waals surface area (Å²) in [7, 11) is -3.93. The van der Waals surface area contributed by atoms with Crippen molar-refractivity contribution in [3.05, 3.63) is 54.4 Å². The van der Waals surface area contributed by atoms with E-state index in [0.717, 1.165) is 16.4 Å². The van der Waals surface area contributed by atoms with Gasteiger partial charge < -0.3 is 15.0 Å². The lowest BCUT2D eigenvalue weighted by molar-refractivity contribution is -0.274. The third-order valence-corrected chi connectivity index (χ3v) is 8.25. The van der Waals surface area contributed by atoms with E-state index < -0.39 is 40.1 Å². The number of ether oxygens (including phenoxy) is 1. The first-order valence-electron chi connectivity index (χ1n) is 11.9. The van der Waals surface area contributed by atoms with E-state index in [9.17, 15) is 36.0 Å². The molecule has 2 atom stereocenters. The number of nitrogens with one attached hydrogen (secondary N) is 1. The van der Waals surface area contributed by atoms with E-state index in [4.69, 9.17) is 0 Å². The van der Waals surface area contributed by atoms with Gasteiger partial charge in [0.1, 0.15) is 16.7 Å². The van der Waals surface area contributed by atoms with Gasteiger partial charge in [-0.25, -0.2) is 8.42 Å². The summed E-state index contributed by atoms with van der Waals surface area (Å²) in [6.07, 6.45) is -0.815. The van der Waals surface area contributed by atoms with Crippen LogP contribution in [-0.4, -0.2) is 78.3 Å². The Morgan fingerprint density at radius 3 is 2.53 bits per heavy atom. The number of pyridine rings is 1. The predicted molar refractivity (Wildman–Crippen MR) is 126 cm³/mol. The normalized spacial score (nSPS) is 19.9. The topological polar surface area (TPSA) is 126 Å². The summed E-state index contributed by atoms with van der Waals surface area (Å²) in [4.78, 5) is 43.0. The van der Waals surface area contributed by atoms with E-state index in [1.807, 2.05) is 0 Å². The Kier molecular flexibility index (Phi) is 8.02. The fourth-order valence-electron chi connectivity index (χ4n) is 4.67. The van der Waals surface area contributed by atoms with Gasteiger partial charge in [-0.05, 0) is 55.7 Å². The zero-order valence-electron chi connectivity index (χ0n) is 20.1. The monoisotopic (exact) mass is 554 g/mol. The van der Waals surface area contributed by atoms with Crippen LogP contribution in [0.5, 0.6) is 5.75 Å². The van der Waals surface area contributed by atoms with Crippen molar-refractivity contribution in [2.45, 2.75) is 49.0 Å². The number of Topliss-reactive ketones (excluding diaryl/α,β-unsaturated/α-hetero) is 1. The molecule has 4 rings (SSSR count). The van der Waals surface area contributed by atoms with Crippen LogP contribution < -0.4 is 10.1 Å². The molecule has 0 radical (unpaired) electrons. The molecule has 1 N–H and O–H groups in total. The van der Waals surface area contributed by atoms with Crippen LogP contribution in [0.2, 0.25) is 0 Å². The number of unbranched alkanes of at least 4 members (excludes halogenated alkanes) is 1. The minimum Gasteiger partial charge on any atom is -0.406 e. The maximum atomic E-state index is 13.0. The molecule has 2 aliphatic heterocycles. The van der Waals surface area contributed by atoms with Crippen molar-refractivity contribution in [2.24, 2.45) is 0 Å². The molecule has 1 aromatic heterocycles. The van der Waals surface area contributed by atoms with Crippen molar-refractivity contribution < 1.29 is 40.7 Å². The summed E-state index contributed by atoms with van der Waals surface area (Å²) in [6, 6.07) is 5.96. The van der Waals surface area contributed by atoms with Crippen LogP contribution >= 0.6 is 0 Å². The summed E-state index contributed by atoms with van der Waals surface area (Å²) in [5.41, 5.74) is 0.157. The number of alkyl halides is 3. The predicted octanol–water partition coefficient (Wildman–Crippen LogP) is 2.12. The third kappa shape index (κ3) is 6.13. The number of fused-ring (bicyclic) bond motifs is 1. The van der Waals surface area contributed by atoms with Gasteiger partial charge in [0.15, 0.2) is 5.78 Å². The molecule has 0 spiro atoms. The number of sulfonamides is 1. The van der Waals surface area contributed by atoms with Crippen LogP contribution in [-0.2, 0) is 19.6 Å². The summed E-state index contributed by atoms with van der Waals surface area (Å²) < 4.78 is 67.7. The van der Waals surface area contributed by atoms with Gasteiger partial charge in [0.25, 0.3) is 5.91 Å². The Labute approximate surface area is 216 Å². The smallest absolute Gasteiger partial charge is 0.406 e. The first-order valence-corrected chi connectivity index (χ1v) is 13.3. The zero-order valence-corrected chi connectivity index (χ0v) is 20.9. The van der Waals surface area contributed by atoms with E-state index in [1.54, 1.807) is 0 Å². The number of carbonyl (C=O) groups is 3. The number of hydrogen-bond donors (Lipinski definition) is 1. The molecule has 2 aliphatic rings. The summed E-state index contributed by atoms with van der Waals surface area (Å²) >= 11 is 0. The minimum atomic E-state index is -4.82. The molecule has 204 valence electrons. The van der Waals surface area contributed by atoms with Gasteiger partial charge in [-0.15, -0.1) is 13.2 Å². The Hall–Kier alpha value is -3.52. The summed E-state index contributed by atoms with van der Waals surface area (Å²) in [6.45, 7) is 0.199. The lowest BCUT2D eigenvalue weighted by Crippen LogP contribution is -2.43. The lowest BCUT2D eigenvalue weighted by Gasteiger charge is -2.24. The van der Waals surface area contributed by atoms with Gasteiger partial charge in [-0.1, -0.05) is 0 Å². The van der Waals surface area contributed by atoms with Crippen molar-refractivity contribution in [3.8, 4) is 5.75 Å². The number of carbonyl (C=O) groups excluding carboxylic acids is 3. The van der Waals surface area contributed by atoms with E-state index in [0.29, 0.717) is 19.3 Å². The number of benzene rings is 1. The van der Waals surface area contributed by atoms with Crippen molar-refractivity contribution in [3.63, 3.8) is 0 Å². The van der Waals surface area contributed by atoms with Crippen LogP contribution in [0.25, 0.3) is 0 Å². The Morgan fingerprint density at radius 2 is 1.87 bits per heavy atom. The quantitative estimate of drug-likeness (QED) is 0.471. The number of nitrogens with zero attached hydrogens (tertiary/aromatic N) is 3. The molecule has 2 amide bonds. The van der Waals surface area contributed by atoms with Crippen molar-refractivity contribution in [1.29, 1.82) is 0 Å². The number of aromatic nitrogens is 1. The molecule has 3 heterocycles. The SMILES string of the molecule is O=C(NCCCCC(=O)N1CCC2C1C(=O)CN2S(=O)(=O)c1cccnc1)c1ccc(OC(F)(F)F)cc1. The summed E-state index contributed by atoms with van der Waals surface area (Å²) in [5.74, 6) is -1.51. The molecule has 14 heteroatoms. The fraction of sp³-hybridized carbons (Fsp3) is 0.417. The minimum absolute atomic E-state index is 0.00847. The average molecular weight is 555 g/mol. The second-order valence-electron chi connectivity index (χ2n) is 8.88. The van der Waals surface area contributed by atoms with E-state index in [1.165, 1.54) is 41.6 Å². The maximum absolute atomic E-state index is 13.0. The maximum Gasteiger partial charge on any atom is 0.573 e. The highest BCUT2D eigenvalue weighted by molar-refractivity contribution is 7.89. The standard InChI is InChI=1S/C24H25F3N4O6S/c25-24(26,27)37-17-8-6-16(7-9-17)23(34)29-12-2-1-5-21(33)30-13-10-19-22(30)20(32)15-31(19)38(35,36)18-4-3-11-28-14-18/h3-4,6-9,11,14,19,22H,1-2,5,10,12-13,15H2,(H,29,34). The first-order chi connectivity index (χ1) is 18.0. The Bertz CT molecular complexity index is 1290. The highest BCUT2D eigenvalue weighted by Gasteiger charge is 2.53. The molecule has 2 saturated heterocycles. The lowest BCUT2D eigenvalue weighted by atomic mass is 10.1. The molecule has 38 heavy (non-hydrogen) atoms. The molecule has 0 saturated carbocycles. The summed E-state index contributed by atoms with van der Waals surface area (Å²) in [5, 5.41) is 2.63. The average Bonchev–Trinajstić information content (AvgIpc) is 3.45. The molecule has 0 bridgehead atoms.